The van der Waals surface area contributed by atoms with Crippen molar-refractivity contribution in [3.63, 3.8) is 0 Å². The van der Waals surface area contributed by atoms with Gasteiger partial charge in [0.2, 0.25) is 0 Å². The Morgan fingerprint density at radius 3 is 2.60 bits per heavy atom. The quantitative estimate of drug-likeness (QED) is 0.877. The molecule has 0 spiro atoms. The van der Waals surface area contributed by atoms with E-state index < -0.39 is 24.0 Å². The molecule has 1 saturated heterocycles. The fraction of sp³-hybridized carbons (Fsp3) is 0.800. The highest BCUT2D eigenvalue weighted by atomic mass is 19.4. The Bertz CT molecular complexity index is 482. The number of ether oxygens (including phenoxy) is 1. The van der Waals surface area contributed by atoms with Crippen LogP contribution in [0.15, 0.2) is 0 Å². The zero-order chi connectivity index (χ0) is 14.8. The smallest absolute Gasteiger partial charge is 0.396 e. The van der Waals surface area contributed by atoms with E-state index in [1.165, 1.54) is 0 Å². The third-order valence-electron chi connectivity index (χ3n) is 3.32. The molecular weight excluding hydrogens is 281 g/mol. The molecule has 0 aromatic carbocycles. The molecule has 2 rings (SSSR count). The second kappa shape index (κ2) is 5.35. The second-order valence-electron chi connectivity index (χ2n) is 4.74. The summed E-state index contributed by atoms with van der Waals surface area (Å²) in [6, 6.07) is 0. The predicted octanol–water partition coefficient (Wildman–Crippen LogP) is 0.659. The van der Waals surface area contributed by atoms with Gasteiger partial charge in [-0.3, -0.25) is 4.79 Å². The Labute approximate surface area is 111 Å². The summed E-state index contributed by atoms with van der Waals surface area (Å²) in [7, 11) is 0. The molecule has 1 aromatic heterocycles. The Hall–Kier alpha value is -1.71. The molecule has 1 aliphatic heterocycles. The van der Waals surface area contributed by atoms with E-state index in [0.717, 1.165) is 4.68 Å². The third kappa shape index (κ3) is 3.24. The van der Waals surface area contributed by atoms with E-state index in [-0.39, 0.29) is 38.4 Å². The lowest BCUT2D eigenvalue weighted by atomic mass is 9.80. The molecule has 0 unspecified atom stereocenters. The fourth-order valence-electron chi connectivity index (χ4n) is 2.14. The monoisotopic (exact) mass is 294 g/mol. The van der Waals surface area contributed by atoms with Crippen LogP contribution in [-0.4, -0.2) is 50.7 Å². The van der Waals surface area contributed by atoms with Gasteiger partial charge in [0, 0.05) is 13.2 Å². The number of nitrogens with zero attached hydrogens (tertiary/aromatic N) is 4. The van der Waals surface area contributed by atoms with Crippen molar-refractivity contribution in [2.75, 3.05) is 13.2 Å². The molecule has 1 aliphatic rings. The minimum Gasteiger partial charge on any atom is -0.481 e. The second-order valence-corrected chi connectivity index (χ2v) is 4.74. The largest absolute Gasteiger partial charge is 0.481 e. The molecule has 0 atom stereocenters. The number of aliphatic carboxylic acids is 1. The number of hydrogen-bond donors (Lipinski definition) is 1. The lowest BCUT2D eigenvalue weighted by molar-refractivity contribution is -0.156. The molecule has 0 amide bonds. The van der Waals surface area contributed by atoms with E-state index in [1.807, 2.05) is 0 Å². The molecule has 112 valence electrons. The standard InChI is InChI=1S/C10H13F3N4O3/c11-10(12,13)5-7-14-15-16-17(7)6-9(8(18)19)1-3-20-4-2-9/h1-6H2,(H,18,19). The molecule has 0 bridgehead atoms. The normalized spacial score (nSPS) is 18.9. The van der Waals surface area contributed by atoms with Gasteiger partial charge >= 0.3 is 12.1 Å². The molecule has 1 N–H and O–H groups in total. The number of halogens is 3. The topological polar surface area (TPSA) is 90.1 Å². The summed E-state index contributed by atoms with van der Waals surface area (Å²) in [4.78, 5) is 11.4. The first-order valence-corrected chi connectivity index (χ1v) is 5.95. The zero-order valence-corrected chi connectivity index (χ0v) is 10.4. The Balaban J connectivity index is 2.19. The SMILES string of the molecule is O=C(O)C1(Cn2nnnc2CC(F)(F)F)CCOCC1. The van der Waals surface area contributed by atoms with Crippen LogP contribution in [0.4, 0.5) is 13.2 Å². The number of carboxylic acids is 1. The summed E-state index contributed by atoms with van der Waals surface area (Å²) < 4.78 is 43.2. The maximum Gasteiger partial charge on any atom is 0.396 e. The van der Waals surface area contributed by atoms with Crippen LogP contribution in [0.3, 0.4) is 0 Å². The van der Waals surface area contributed by atoms with Crippen molar-refractivity contribution in [1.29, 1.82) is 0 Å². The van der Waals surface area contributed by atoms with Crippen LogP contribution < -0.4 is 0 Å². The number of hydrogen-bond acceptors (Lipinski definition) is 5. The summed E-state index contributed by atoms with van der Waals surface area (Å²) in [6.45, 7) is 0.316. The zero-order valence-electron chi connectivity index (χ0n) is 10.4. The Morgan fingerprint density at radius 1 is 1.40 bits per heavy atom. The maximum absolute atomic E-state index is 12.4. The van der Waals surface area contributed by atoms with Crippen LogP contribution in [0.2, 0.25) is 0 Å². The van der Waals surface area contributed by atoms with Crippen molar-refractivity contribution >= 4 is 5.97 Å². The molecule has 0 aliphatic carbocycles. The van der Waals surface area contributed by atoms with Crippen molar-refractivity contribution in [2.45, 2.75) is 32.0 Å². The third-order valence-corrected chi connectivity index (χ3v) is 3.32. The minimum absolute atomic E-state index is 0.190. The molecular formula is C10H13F3N4O3. The van der Waals surface area contributed by atoms with Gasteiger partial charge in [0.05, 0.1) is 12.0 Å². The van der Waals surface area contributed by atoms with Gasteiger partial charge in [-0.25, -0.2) is 4.68 Å². The van der Waals surface area contributed by atoms with Crippen molar-refractivity contribution in [1.82, 2.24) is 20.2 Å². The van der Waals surface area contributed by atoms with E-state index in [9.17, 15) is 23.1 Å². The van der Waals surface area contributed by atoms with Crippen LogP contribution >= 0.6 is 0 Å². The van der Waals surface area contributed by atoms with Gasteiger partial charge < -0.3 is 9.84 Å². The number of aromatic nitrogens is 4. The Kier molecular flexibility index (Phi) is 3.93. The molecule has 0 saturated carbocycles. The molecule has 0 radical (unpaired) electrons. The van der Waals surface area contributed by atoms with Crippen LogP contribution in [0.25, 0.3) is 0 Å². The minimum atomic E-state index is -4.45. The summed E-state index contributed by atoms with van der Waals surface area (Å²) >= 11 is 0. The fourth-order valence-corrected chi connectivity index (χ4v) is 2.14. The maximum atomic E-state index is 12.4. The highest BCUT2D eigenvalue weighted by molar-refractivity contribution is 5.74. The van der Waals surface area contributed by atoms with Crippen molar-refractivity contribution in [3.8, 4) is 0 Å². The molecule has 10 heteroatoms. The first kappa shape index (κ1) is 14.7. The molecule has 1 fully saturated rings. The number of tetrazole rings is 1. The number of carbonyl (C=O) groups is 1. The van der Waals surface area contributed by atoms with Crippen LogP contribution in [0, 0.1) is 5.41 Å². The first-order chi connectivity index (χ1) is 9.32. The number of rotatable bonds is 4. The Morgan fingerprint density at radius 2 is 2.05 bits per heavy atom. The highest BCUT2D eigenvalue weighted by Crippen LogP contribution is 2.33. The van der Waals surface area contributed by atoms with Gasteiger partial charge in [0.1, 0.15) is 6.42 Å². The van der Waals surface area contributed by atoms with E-state index >= 15 is 0 Å². The van der Waals surface area contributed by atoms with Crippen molar-refractivity contribution in [3.05, 3.63) is 5.82 Å². The van der Waals surface area contributed by atoms with Gasteiger partial charge in [0.25, 0.3) is 0 Å². The van der Waals surface area contributed by atoms with Gasteiger partial charge in [-0.05, 0) is 23.3 Å². The molecule has 20 heavy (non-hydrogen) atoms. The summed E-state index contributed by atoms with van der Waals surface area (Å²) in [6.07, 6.45) is -5.30. The molecule has 2 heterocycles. The highest BCUT2D eigenvalue weighted by Gasteiger charge is 2.42. The first-order valence-electron chi connectivity index (χ1n) is 5.95. The van der Waals surface area contributed by atoms with Crippen molar-refractivity contribution in [2.24, 2.45) is 5.41 Å². The van der Waals surface area contributed by atoms with Gasteiger partial charge in [-0.15, -0.1) is 5.10 Å². The number of alkyl halides is 3. The van der Waals surface area contributed by atoms with Crippen LogP contribution in [0.5, 0.6) is 0 Å². The van der Waals surface area contributed by atoms with Gasteiger partial charge in [-0.1, -0.05) is 0 Å². The van der Waals surface area contributed by atoms with E-state index in [2.05, 4.69) is 15.5 Å². The predicted molar refractivity (Wildman–Crippen MR) is 57.7 cm³/mol. The summed E-state index contributed by atoms with van der Waals surface area (Å²) in [5, 5.41) is 19.3. The lowest BCUT2D eigenvalue weighted by Gasteiger charge is -2.32. The van der Waals surface area contributed by atoms with Crippen molar-refractivity contribution < 1.29 is 27.8 Å². The van der Waals surface area contributed by atoms with E-state index in [1.54, 1.807) is 0 Å². The van der Waals surface area contributed by atoms with Crippen LogP contribution in [0.1, 0.15) is 18.7 Å². The van der Waals surface area contributed by atoms with E-state index in [0.29, 0.717) is 0 Å². The van der Waals surface area contributed by atoms with Gasteiger partial charge in [-0.2, -0.15) is 13.2 Å². The lowest BCUT2D eigenvalue weighted by Crippen LogP contribution is -2.41. The van der Waals surface area contributed by atoms with Crippen LogP contribution in [-0.2, 0) is 22.5 Å². The average Bonchev–Trinajstić information content (AvgIpc) is 2.75. The van der Waals surface area contributed by atoms with Gasteiger partial charge in [0.15, 0.2) is 5.82 Å². The summed E-state index contributed by atoms with van der Waals surface area (Å²) in [5.74, 6) is -1.46. The number of carboxylic acid groups (broad SMARTS) is 1. The molecule has 7 nitrogen and oxygen atoms in total. The average molecular weight is 294 g/mol. The van der Waals surface area contributed by atoms with E-state index in [4.69, 9.17) is 4.74 Å². The molecule has 1 aromatic rings. The summed E-state index contributed by atoms with van der Waals surface area (Å²) in [5.41, 5.74) is -1.19.